The summed E-state index contributed by atoms with van der Waals surface area (Å²) in [6.07, 6.45) is 4.70. The first-order valence-corrected chi connectivity index (χ1v) is 8.74. The molecule has 2 aromatic heterocycles. The molecule has 112 valence electrons. The molecule has 2 N–H and O–H groups in total. The van der Waals surface area contributed by atoms with Crippen LogP contribution in [0.15, 0.2) is 5.38 Å². The second-order valence-corrected chi connectivity index (χ2v) is 7.29. The van der Waals surface area contributed by atoms with Crippen molar-refractivity contribution in [2.75, 3.05) is 7.05 Å². The summed E-state index contributed by atoms with van der Waals surface area (Å²) in [7, 11) is 1.80. The molecule has 0 saturated carbocycles. The van der Waals surface area contributed by atoms with Crippen molar-refractivity contribution >= 4 is 28.6 Å². The third kappa shape index (κ3) is 3.14. The number of hydrogen-bond acceptors (Lipinski definition) is 6. The topological polar surface area (TPSA) is 72.1 Å². The van der Waals surface area contributed by atoms with E-state index in [1.165, 1.54) is 34.7 Å². The van der Waals surface area contributed by atoms with Gasteiger partial charge in [-0.2, -0.15) is 0 Å². The molecular weight excluding hydrogens is 304 g/mol. The van der Waals surface area contributed by atoms with Crippen LogP contribution in [0, 0.1) is 0 Å². The third-order valence-corrected chi connectivity index (χ3v) is 5.57. The van der Waals surface area contributed by atoms with Gasteiger partial charge in [0.05, 0.1) is 12.2 Å². The molecule has 1 aliphatic rings. The summed E-state index contributed by atoms with van der Waals surface area (Å²) in [4.78, 5) is 24.3. The predicted octanol–water partition coefficient (Wildman–Crippen LogP) is 2.21. The van der Waals surface area contributed by atoms with Crippen LogP contribution in [0.2, 0.25) is 0 Å². The molecule has 0 unspecified atom stereocenters. The van der Waals surface area contributed by atoms with Crippen LogP contribution in [0.1, 0.15) is 43.9 Å². The molecule has 1 aliphatic carbocycles. The Labute approximate surface area is 131 Å². The zero-order valence-electron chi connectivity index (χ0n) is 12.0. The van der Waals surface area contributed by atoms with Gasteiger partial charge in [0.25, 0.3) is 5.91 Å². The molecule has 1 amide bonds. The van der Waals surface area contributed by atoms with Crippen LogP contribution in [0.5, 0.6) is 0 Å². The largest absolute Gasteiger partial charge is 0.334 e. The molecule has 0 aliphatic heterocycles. The average Bonchev–Trinajstić information content (AvgIpc) is 3.12. The molecule has 0 bridgehead atoms. The first kappa shape index (κ1) is 14.6. The van der Waals surface area contributed by atoms with Gasteiger partial charge in [0.1, 0.15) is 15.7 Å². The minimum absolute atomic E-state index is 0.0703. The van der Waals surface area contributed by atoms with E-state index in [0.29, 0.717) is 18.8 Å². The van der Waals surface area contributed by atoms with Gasteiger partial charge in [-0.15, -0.1) is 22.7 Å². The highest BCUT2D eigenvalue weighted by Crippen LogP contribution is 2.27. The highest BCUT2D eigenvalue weighted by molar-refractivity contribution is 7.11. The van der Waals surface area contributed by atoms with Crippen LogP contribution in [0.4, 0.5) is 0 Å². The second kappa shape index (κ2) is 6.21. The second-order valence-electron chi connectivity index (χ2n) is 5.18. The Kier molecular flexibility index (Phi) is 4.32. The molecule has 0 spiro atoms. The van der Waals surface area contributed by atoms with Gasteiger partial charge >= 0.3 is 0 Å². The first-order valence-electron chi connectivity index (χ1n) is 7.04. The van der Waals surface area contributed by atoms with E-state index < -0.39 is 0 Å². The van der Waals surface area contributed by atoms with Gasteiger partial charge < -0.3 is 10.6 Å². The Morgan fingerprint density at radius 3 is 2.86 bits per heavy atom. The van der Waals surface area contributed by atoms with Crippen molar-refractivity contribution in [2.45, 2.75) is 38.8 Å². The van der Waals surface area contributed by atoms with Gasteiger partial charge in [-0.1, -0.05) is 0 Å². The minimum atomic E-state index is -0.0703. The monoisotopic (exact) mass is 322 g/mol. The number of carbonyl (C=O) groups is 1. The number of carbonyl (C=O) groups excluding carboxylic acids is 1. The number of amides is 1. The van der Waals surface area contributed by atoms with Gasteiger partial charge in [-0.3, -0.25) is 4.79 Å². The van der Waals surface area contributed by atoms with E-state index >= 15 is 0 Å². The van der Waals surface area contributed by atoms with Gasteiger partial charge in [-0.25, -0.2) is 9.97 Å². The number of aromatic nitrogens is 2. The molecule has 0 fully saturated rings. The smallest absolute Gasteiger partial charge is 0.273 e. The molecule has 5 nitrogen and oxygen atoms in total. The lowest BCUT2D eigenvalue weighted by molar-refractivity contribution is 0.0779. The fourth-order valence-corrected chi connectivity index (χ4v) is 4.31. The van der Waals surface area contributed by atoms with Crippen LogP contribution in [-0.2, 0) is 25.9 Å². The van der Waals surface area contributed by atoms with E-state index in [2.05, 4.69) is 9.97 Å². The highest BCUT2D eigenvalue weighted by Gasteiger charge is 2.19. The van der Waals surface area contributed by atoms with Crippen molar-refractivity contribution in [1.82, 2.24) is 14.9 Å². The lowest BCUT2D eigenvalue weighted by atomic mass is 10.0. The van der Waals surface area contributed by atoms with Crippen molar-refractivity contribution in [1.29, 1.82) is 0 Å². The maximum atomic E-state index is 12.3. The Morgan fingerprint density at radius 1 is 1.33 bits per heavy atom. The molecule has 0 atom stereocenters. The molecule has 3 rings (SSSR count). The molecule has 0 aromatic carbocycles. The van der Waals surface area contributed by atoms with Crippen LogP contribution in [0.25, 0.3) is 0 Å². The number of hydrogen-bond donors (Lipinski definition) is 1. The van der Waals surface area contributed by atoms with Gasteiger partial charge in [0.2, 0.25) is 0 Å². The Hall–Kier alpha value is -1.31. The van der Waals surface area contributed by atoms with Crippen LogP contribution < -0.4 is 5.73 Å². The average molecular weight is 322 g/mol. The quantitative estimate of drug-likeness (QED) is 0.937. The van der Waals surface area contributed by atoms with Crippen molar-refractivity contribution < 1.29 is 4.79 Å². The van der Waals surface area contributed by atoms with Gasteiger partial charge in [-0.05, 0) is 25.7 Å². The maximum absolute atomic E-state index is 12.3. The lowest BCUT2D eigenvalue weighted by Gasteiger charge is -2.13. The Morgan fingerprint density at radius 2 is 2.14 bits per heavy atom. The number of rotatable bonds is 4. The van der Waals surface area contributed by atoms with Gasteiger partial charge in [0.15, 0.2) is 0 Å². The van der Waals surface area contributed by atoms with E-state index in [4.69, 9.17) is 5.73 Å². The van der Waals surface area contributed by atoms with Crippen molar-refractivity contribution in [3.8, 4) is 0 Å². The van der Waals surface area contributed by atoms with Gasteiger partial charge in [0, 0.05) is 23.8 Å². The van der Waals surface area contributed by atoms with Crippen LogP contribution in [0.3, 0.4) is 0 Å². The number of aryl methyl sites for hydroxylation is 2. The fraction of sp³-hybridized carbons (Fsp3) is 0.500. The summed E-state index contributed by atoms with van der Waals surface area (Å²) >= 11 is 3.17. The number of nitrogens with two attached hydrogens (primary N) is 1. The highest BCUT2D eigenvalue weighted by atomic mass is 32.1. The Balaban J connectivity index is 1.69. The molecule has 0 saturated heterocycles. The van der Waals surface area contributed by atoms with Crippen molar-refractivity contribution in [2.24, 2.45) is 5.73 Å². The number of fused-ring (bicyclic) bond motifs is 1. The normalized spacial score (nSPS) is 14.0. The lowest BCUT2D eigenvalue weighted by Crippen LogP contribution is -2.26. The standard InChI is InChI=1S/C14H18N4OS2/c1-18(14(19)10-8-20-12(6-15)17-10)7-13-16-9-4-2-3-5-11(9)21-13/h8H,2-7,15H2,1H3. The fourth-order valence-electron chi connectivity index (χ4n) is 2.45. The van der Waals surface area contributed by atoms with E-state index in [9.17, 15) is 4.79 Å². The van der Waals surface area contributed by atoms with Crippen LogP contribution >= 0.6 is 22.7 Å². The number of thiazole rings is 2. The summed E-state index contributed by atoms with van der Waals surface area (Å²) in [5.41, 5.74) is 7.25. The molecular formula is C14H18N4OS2. The molecule has 21 heavy (non-hydrogen) atoms. The zero-order valence-corrected chi connectivity index (χ0v) is 13.6. The molecule has 2 aromatic rings. The molecule has 2 heterocycles. The maximum Gasteiger partial charge on any atom is 0.273 e. The Bertz CT molecular complexity index is 626. The summed E-state index contributed by atoms with van der Waals surface area (Å²) in [6, 6.07) is 0. The van der Waals surface area contributed by atoms with E-state index in [1.54, 1.807) is 28.7 Å². The third-order valence-electron chi connectivity index (χ3n) is 3.55. The summed E-state index contributed by atoms with van der Waals surface area (Å²) in [5, 5.41) is 3.58. The van der Waals surface area contributed by atoms with E-state index in [-0.39, 0.29) is 5.91 Å². The van der Waals surface area contributed by atoms with E-state index in [0.717, 1.165) is 22.9 Å². The SMILES string of the molecule is CN(Cc1nc2c(s1)CCCC2)C(=O)c1csc(CN)n1. The van der Waals surface area contributed by atoms with Crippen molar-refractivity contribution in [3.05, 3.63) is 31.7 Å². The van der Waals surface area contributed by atoms with E-state index in [1.807, 2.05) is 0 Å². The number of nitrogens with zero attached hydrogens (tertiary/aromatic N) is 3. The predicted molar refractivity (Wildman–Crippen MR) is 84.6 cm³/mol. The summed E-state index contributed by atoms with van der Waals surface area (Å²) in [5.74, 6) is -0.0703. The molecule has 7 heteroatoms. The van der Waals surface area contributed by atoms with Crippen molar-refractivity contribution in [3.63, 3.8) is 0 Å². The molecule has 0 radical (unpaired) electrons. The zero-order chi connectivity index (χ0) is 14.8. The first-order chi connectivity index (χ1) is 10.2. The minimum Gasteiger partial charge on any atom is -0.334 e. The summed E-state index contributed by atoms with van der Waals surface area (Å²) < 4.78 is 0. The summed E-state index contributed by atoms with van der Waals surface area (Å²) in [6.45, 7) is 0.923. The van der Waals surface area contributed by atoms with Crippen LogP contribution in [-0.4, -0.2) is 27.8 Å².